The summed E-state index contributed by atoms with van der Waals surface area (Å²) in [5, 5.41) is 4.91. The summed E-state index contributed by atoms with van der Waals surface area (Å²) in [4.78, 5) is -0.458. The highest BCUT2D eigenvalue weighted by Crippen LogP contribution is 2.24. The lowest BCUT2D eigenvalue weighted by molar-refractivity contribution is 0.592. The van der Waals surface area contributed by atoms with Crippen LogP contribution in [0.2, 0.25) is 0 Å². The van der Waals surface area contributed by atoms with Gasteiger partial charge in [-0.05, 0) is 48.2 Å². The van der Waals surface area contributed by atoms with Gasteiger partial charge in [-0.25, -0.2) is 26.4 Å². The number of sulfonamides is 2. The molecule has 0 aliphatic rings. The molecule has 0 aliphatic carbocycles. The van der Waals surface area contributed by atoms with E-state index >= 15 is 0 Å². The van der Waals surface area contributed by atoms with Crippen molar-refractivity contribution >= 4 is 25.7 Å². The Balaban J connectivity index is 2.30. The van der Waals surface area contributed by atoms with Crippen LogP contribution in [-0.4, -0.2) is 16.8 Å². The molecule has 1 atom stereocenters. The Morgan fingerprint density at radius 3 is 2.08 bits per heavy atom. The molecule has 1 unspecified atom stereocenters. The average Bonchev–Trinajstić information content (AvgIpc) is 2.55. The maximum Gasteiger partial charge on any atom is 0.261 e. The SMILES string of the molecule is CCC(C)c1ccc(S(=O)(=O)Nc2ccc(S(N)(=O)=O)cc2F)cc1. The Morgan fingerprint density at radius 2 is 1.60 bits per heavy atom. The number of hydrogen-bond donors (Lipinski definition) is 2. The number of hydrogen-bond acceptors (Lipinski definition) is 4. The molecule has 6 nitrogen and oxygen atoms in total. The molecule has 0 bridgehead atoms. The van der Waals surface area contributed by atoms with Crippen LogP contribution in [0.15, 0.2) is 52.3 Å². The zero-order chi connectivity index (χ0) is 18.8. The maximum absolute atomic E-state index is 14.0. The van der Waals surface area contributed by atoms with Gasteiger partial charge in [0.05, 0.1) is 15.5 Å². The summed E-state index contributed by atoms with van der Waals surface area (Å²) in [7, 11) is -8.07. The van der Waals surface area contributed by atoms with Crippen LogP contribution >= 0.6 is 0 Å². The van der Waals surface area contributed by atoms with E-state index in [1.807, 2.05) is 13.8 Å². The van der Waals surface area contributed by atoms with Crippen molar-refractivity contribution in [2.75, 3.05) is 4.72 Å². The lowest BCUT2D eigenvalue weighted by Crippen LogP contribution is -2.16. The van der Waals surface area contributed by atoms with E-state index in [2.05, 4.69) is 4.72 Å². The summed E-state index contributed by atoms with van der Waals surface area (Å²) < 4.78 is 63.2. The summed E-state index contributed by atoms with van der Waals surface area (Å²) in [5.41, 5.74) is 0.642. The predicted octanol–water partition coefficient (Wildman–Crippen LogP) is 2.79. The van der Waals surface area contributed by atoms with Gasteiger partial charge in [-0.1, -0.05) is 26.0 Å². The molecule has 0 aliphatic heterocycles. The molecule has 0 saturated carbocycles. The van der Waals surface area contributed by atoms with E-state index in [9.17, 15) is 21.2 Å². The van der Waals surface area contributed by atoms with Gasteiger partial charge in [0.25, 0.3) is 10.0 Å². The molecular formula is C16H19FN2O4S2. The zero-order valence-electron chi connectivity index (χ0n) is 13.7. The van der Waals surface area contributed by atoms with Crippen molar-refractivity contribution < 1.29 is 21.2 Å². The van der Waals surface area contributed by atoms with Crippen LogP contribution in [0, 0.1) is 5.82 Å². The van der Waals surface area contributed by atoms with Gasteiger partial charge >= 0.3 is 0 Å². The van der Waals surface area contributed by atoms with Crippen LogP contribution in [-0.2, 0) is 20.0 Å². The Bertz CT molecular complexity index is 972. The number of nitrogens with two attached hydrogens (primary N) is 1. The fourth-order valence-corrected chi connectivity index (χ4v) is 3.76. The highest BCUT2D eigenvalue weighted by Gasteiger charge is 2.18. The zero-order valence-corrected chi connectivity index (χ0v) is 15.4. The molecule has 0 spiro atoms. The van der Waals surface area contributed by atoms with Gasteiger partial charge in [0.2, 0.25) is 10.0 Å². The highest BCUT2D eigenvalue weighted by molar-refractivity contribution is 7.92. The van der Waals surface area contributed by atoms with Crippen LogP contribution in [0.25, 0.3) is 0 Å². The smallest absolute Gasteiger partial charge is 0.261 e. The number of anilines is 1. The number of benzene rings is 2. The third-order valence-corrected chi connectivity index (χ3v) is 6.18. The van der Waals surface area contributed by atoms with Gasteiger partial charge in [0.1, 0.15) is 5.82 Å². The van der Waals surface area contributed by atoms with E-state index in [0.29, 0.717) is 12.0 Å². The van der Waals surface area contributed by atoms with Crippen molar-refractivity contribution in [3.05, 3.63) is 53.8 Å². The Hall–Kier alpha value is -1.97. The Morgan fingerprint density at radius 1 is 1.04 bits per heavy atom. The average molecular weight is 386 g/mol. The molecule has 0 radical (unpaired) electrons. The van der Waals surface area contributed by atoms with Gasteiger partial charge in [0, 0.05) is 0 Å². The first-order valence-corrected chi connectivity index (χ1v) is 10.5. The normalized spacial score (nSPS) is 13.4. The minimum absolute atomic E-state index is 0.0190. The second-order valence-electron chi connectivity index (χ2n) is 5.67. The Kier molecular flexibility index (Phi) is 5.50. The fraction of sp³-hybridized carbons (Fsp3) is 0.250. The molecule has 3 N–H and O–H groups in total. The minimum Gasteiger partial charge on any atom is -0.277 e. The van der Waals surface area contributed by atoms with E-state index in [1.54, 1.807) is 12.1 Å². The van der Waals surface area contributed by atoms with E-state index in [1.165, 1.54) is 12.1 Å². The summed E-state index contributed by atoms with van der Waals surface area (Å²) in [6.07, 6.45) is 0.923. The molecule has 2 aromatic carbocycles. The summed E-state index contributed by atoms with van der Waals surface area (Å²) >= 11 is 0. The van der Waals surface area contributed by atoms with Crippen LogP contribution < -0.4 is 9.86 Å². The fourth-order valence-electron chi connectivity index (χ4n) is 2.17. The number of nitrogens with one attached hydrogen (secondary N) is 1. The molecular weight excluding hydrogens is 367 g/mol. The number of rotatable bonds is 6. The molecule has 0 heterocycles. The van der Waals surface area contributed by atoms with Gasteiger partial charge in [0.15, 0.2) is 0 Å². The first-order chi connectivity index (χ1) is 11.5. The van der Waals surface area contributed by atoms with Crippen LogP contribution in [0.1, 0.15) is 31.7 Å². The first-order valence-electron chi connectivity index (χ1n) is 7.49. The van der Waals surface area contributed by atoms with Gasteiger partial charge in [-0.3, -0.25) is 4.72 Å². The van der Waals surface area contributed by atoms with E-state index in [-0.39, 0.29) is 10.6 Å². The molecule has 9 heteroatoms. The van der Waals surface area contributed by atoms with Crippen molar-refractivity contribution in [2.45, 2.75) is 36.0 Å². The standard InChI is InChI=1S/C16H19FN2O4S2/c1-3-11(2)12-4-6-13(7-5-12)25(22,23)19-16-9-8-14(10-15(16)17)24(18,20)21/h4-11,19H,3H2,1-2H3,(H2,18,20,21). The van der Waals surface area contributed by atoms with Crippen LogP contribution in [0.3, 0.4) is 0 Å². The van der Waals surface area contributed by atoms with Crippen molar-refractivity contribution in [3.63, 3.8) is 0 Å². The summed E-state index contributed by atoms with van der Waals surface area (Å²) in [6, 6.07) is 9.02. The van der Waals surface area contributed by atoms with Crippen LogP contribution in [0.4, 0.5) is 10.1 Å². The van der Waals surface area contributed by atoms with Crippen molar-refractivity contribution in [3.8, 4) is 0 Å². The quantitative estimate of drug-likeness (QED) is 0.796. The molecule has 2 rings (SSSR count). The molecule has 25 heavy (non-hydrogen) atoms. The largest absolute Gasteiger partial charge is 0.277 e. The molecule has 2 aromatic rings. The number of halogens is 1. The molecule has 0 amide bonds. The molecule has 136 valence electrons. The second-order valence-corrected chi connectivity index (χ2v) is 8.91. The Labute approximate surface area is 147 Å². The van der Waals surface area contributed by atoms with Gasteiger partial charge in [-0.15, -0.1) is 0 Å². The summed E-state index contributed by atoms with van der Waals surface area (Å²) in [6.45, 7) is 4.06. The van der Waals surface area contributed by atoms with E-state index in [4.69, 9.17) is 5.14 Å². The van der Waals surface area contributed by atoms with E-state index < -0.39 is 30.8 Å². The van der Waals surface area contributed by atoms with Crippen molar-refractivity contribution in [2.24, 2.45) is 5.14 Å². The third kappa shape index (κ3) is 4.56. The van der Waals surface area contributed by atoms with Gasteiger partial charge in [-0.2, -0.15) is 0 Å². The monoisotopic (exact) mass is 386 g/mol. The van der Waals surface area contributed by atoms with Crippen molar-refractivity contribution in [1.29, 1.82) is 0 Å². The lowest BCUT2D eigenvalue weighted by atomic mass is 9.99. The third-order valence-electron chi connectivity index (χ3n) is 3.89. The minimum atomic E-state index is -4.07. The van der Waals surface area contributed by atoms with Gasteiger partial charge < -0.3 is 0 Å². The second kappa shape index (κ2) is 7.11. The summed E-state index contributed by atoms with van der Waals surface area (Å²) in [5.74, 6) is -0.737. The predicted molar refractivity (Wildman–Crippen MR) is 93.7 cm³/mol. The molecule has 0 aromatic heterocycles. The first kappa shape index (κ1) is 19.4. The highest BCUT2D eigenvalue weighted by atomic mass is 32.2. The van der Waals surface area contributed by atoms with Crippen molar-refractivity contribution in [1.82, 2.24) is 0 Å². The number of primary sulfonamides is 1. The van der Waals surface area contributed by atoms with Crippen LogP contribution in [0.5, 0.6) is 0 Å². The van der Waals surface area contributed by atoms with E-state index in [0.717, 1.165) is 24.1 Å². The molecule has 0 saturated heterocycles. The maximum atomic E-state index is 14.0. The lowest BCUT2D eigenvalue weighted by Gasteiger charge is -2.12. The topological polar surface area (TPSA) is 106 Å². The molecule has 0 fully saturated rings.